The zero-order valence-corrected chi connectivity index (χ0v) is 7.28. The van der Waals surface area contributed by atoms with Gasteiger partial charge in [-0.25, -0.2) is 0 Å². The van der Waals surface area contributed by atoms with Gasteiger partial charge in [0.15, 0.2) is 0 Å². The zero-order chi connectivity index (χ0) is 8.10. The molecule has 1 rings (SSSR count). The van der Waals surface area contributed by atoms with E-state index in [0.717, 1.165) is 18.1 Å². The Morgan fingerprint density at radius 1 is 1.36 bits per heavy atom. The molecule has 2 nitrogen and oxygen atoms in total. The van der Waals surface area contributed by atoms with Crippen LogP contribution >= 0.6 is 12.2 Å². The van der Waals surface area contributed by atoms with Gasteiger partial charge in [-0.1, -0.05) is 12.2 Å². The number of hydrogen-bond acceptors (Lipinski definition) is 2. The largest absolute Gasteiger partial charge is 0.362 e. The van der Waals surface area contributed by atoms with Crippen LogP contribution in [0.5, 0.6) is 0 Å². The van der Waals surface area contributed by atoms with Crippen molar-refractivity contribution in [1.82, 2.24) is 4.90 Å². The summed E-state index contributed by atoms with van der Waals surface area (Å²) in [6.07, 6.45) is 5.33. The monoisotopic (exact) mass is 168 g/mol. The van der Waals surface area contributed by atoms with Gasteiger partial charge in [0.2, 0.25) is 0 Å². The zero-order valence-electron chi connectivity index (χ0n) is 6.47. The molecule has 0 radical (unpaired) electrons. The average Bonchev–Trinajstić information content (AvgIpc) is 2.07. The van der Waals surface area contributed by atoms with E-state index in [1.807, 2.05) is 0 Å². The summed E-state index contributed by atoms with van der Waals surface area (Å²) in [6.45, 7) is 2.11. The van der Waals surface area contributed by atoms with Gasteiger partial charge in [0, 0.05) is 19.2 Å². The number of rotatable bonds is 1. The molecule has 1 fully saturated rings. The summed E-state index contributed by atoms with van der Waals surface area (Å²) in [5.41, 5.74) is 0. The molecule has 0 unspecified atom stereocenters. The van der Waals surface area contributed by atoms with Crippen molar-refractivity contribution in [1.29, 1.82) is 5.41 Å². The summed E-state index contributed by atoms with van der Waals surface area (Å²) < 4.78 is 0. The molecule has 0 bridgehead atoms. The van der Waals surface area contributed by atoms with Crippen molar-refractivity contribution in [3.05, 3.63) is 6.08 Å². The molecule has 0 aromatic heterocycles. The molecule has 0 spiro atoms. The maximum Gasteiger partial charge on any atom is 0.111 e. The molecule has 60 valence electrons. The second-order valence-electron chi connectivity index (χ2n) is 2.67. The van der Waals surface area contributed by atoms with Crippen molar-refractivity contribution in [2.45, 2.75) is 19.3 Å². The van der Waals surface area contributed by atoms with E-state index in [1.165, 1.54) is 19.3 Å². The van der Waals surface area contributed by atoms with Gasteiger partial charge in [-0.15, -0.1) is 0 Å². The van der Waals surface area contributed by atoms with Crippen molar-refractivity contribution >= 4 is 23.1 Å². The van der Waals surface area contributed by atoms with Crippen molar-refractivity contribution in [2.24, 2.45) is 0 Å². The van der Waals surface area contributed by atoms with Crippen molar-refractivity contribution in [2.75, 3.05) is 13.1 Å². The second-order valence-corrected chi connectivity index (χ2v) is 3.09. The lowest BCUT2D eigenvalue weighted by Crippen LogP contribution is -2.33. The molecule has 1 heterocycles. The van der Waals surface area contributed by atoms with Crippen LogP contribution in [0.25, 0.3) is 0 Å². The Labute approximate surface area is 72.4 Å². The van der Waals surface area contributed by atoms with Gasteiger partial charge < -0.3 is 4.90 Å². The minimum absolute atomic E-state index is 0.764. The number of nitrogens with zero attached hydrogens (tertiary/aromatic N) is 1. The third-order valence-corrected chi connectivity index (χ3v) is 2.24. The highest BCUT2D eigenvalue weighted by atomic mass is 32.1. The number of likely N-dealkylation sites (tertiary alicyclic amines) is 1. The van der Waals surface area contributed by atoms with E-state index in [-0.39, 0.29) is 0 Å². The standard InChI is InChI=1S/C8H12N2S/c9-5-4-8(11)10-6-2-1-3-7-10/h4,9H,1-3,6-7H2. The summed E-state index contributed by atoms with van der Waals surface area (Å²) in [4.78, 5) is 2.90. The molecule has 1 N–H and O–H groups in total. The summed E-state index contributed by atoms with van der Waals surface area (Å²) in [5.74, 6) is 2.21. The van der Waals surface area contributed by atoms with Crippen LogP contribution in [0, 0.1) is 5.41 Å². The highest BCUT2D eigenvalue weighted by Crippen LogP contribution is 2.09. The van der Waals surface area contributed by atoms with Crippen LogP contribution < -0.4 is 0 Å². The van der Waals surface area contributed by atoms with E-state index >= 15 is 0 Å². The maximum absolute atomic E-state index is 6.73. The van der Waals surface area contributed by atoms with Crippen LogP contribution in [0.15, 0.2) is 6.08 Å². The number of hydrogen-bond donors (Lipinski definition) is 1. The molecular formula is C8H12N2S. The molecule has 0 saturated carbocycles. The molecule has 0 aromatic carbocycles. The molecule has 0 aliphatic carbocycles. The van der Waals surface area contributed by atoms with Crippen molar-refractivity contribution < 1.29 is 0 Å². The van der Waals surface area contributed by atoms with Gasteiger partial charge in [0.05, 0.1) is 0 Å². The van der Waals surface area contributed by atoms with Crippen molar-refractivity contribution in [3.8, 4) is 0 Å². The third-order valence-electron chi connectivity index (χ3n) is 1.86. The molecule has 3 heteroatoms. The first kappa shape index (κ1) is 8.44. The Bertz CT molecular complexity index is 188. The Morgan fingerprint density at radius 2 is 2.00 bits per heavy atom. The van der Waals surface area contributed by atoms with Crippen LogP contribution in [0.3, 0.4) is 0 Å². The minimum atomic E-state index is 0.764. The third kappa shape index (κ3) is 2.45. The van der Waals surface area contributed by atoms with Crippen LogP contribution in [-0.4, -0.2) is 28.8 Å². The van der Waals surface area contributed by atoms with Gasteiger partial charge in [-0.05, 0) is 25.1 Å². The number of nitrogens with one attached hydrogen (secondary N) is 1. The van der Waals surface area contributed by atoms with Gasteiger partial charge >= 0.3 is 0 Å². The van der Waals surface area contributed by atoms with Gasteiger partial charge in [-0.2, -0.15) is 0 Å². The predicted molar refractivity (Wildman–Crippen MR) is 50.3 cm³/mol. The topological polar surface area (TPSA) is 27.1 Å². The maximum atomic E-state index is 6.73. The first-order valence-electron chi connectivity index (χ1n) is 3.89. The quantitative estimate of drug-likeness (QED) is 0.366. The molecule has 0 amide bonds. The summed E-state index contributed by atoms with van der Waals surface area (Å²) in [6, 6.07) is 0. The van der Waals surface area contributed by atoms with E-state index in [4.69, 9.17) is 17.6 Å². The fourth-order valence-electron chi connectivity index (χ4n) is 1.27. The van der Waals surface area contributed by atoms with Crippen molar-refractivity contribution in [3.63, 3.8) is 0 Å². The minimum Gasteiger partial charge on any atom is -0.362 e. The van der Waals surface area contributed by atoms with Gasteiger partial charge in [0.1, 0.15) is 4.99 Å². The second kappa shape index (κ2) is 4.27. The summed E-state index contributed by atoms with van der Waals surface area (Å²) >= 11 is 5.06. The molecular weight excluding hydrogens is 156 g/mol. The van der Waals surface area contributed by atoms with Crippen LogP contribution in [-0.2, 0) is 0 Å². The Morgan fingerprint density at radius 3 is 2.55 bits per heavy atom. The van der Waals surface area contributed by atoms with E-state index in [0.29, 0.717) is 0 Å². The lowest BCUT2D eigenvalue weighted by molar-refractivity contribution is 0.348. The van der Waals surface area contributed by atoms with Crippen LogP contribution in [0.4, 0.5) is 0 Å². The normalized spacial score (nSPS) is 17.3. The molecule has 0 atom stereocenters. The summed E-state index contributed by atoms with van der Waals surface area (Å²) in [5, 5.41) is 6.73. The van der Waals surface area contributed by atoms with E-state index in [9.17, 15) is 0 Å². The molecule has 1 aliphatic heterocycles. The van der Waals surface area contributed by atoms with E-state index in [1.54, 1.807) is 6.08 Å². The lowest BCUT2D eigenvalue weighted by Gasteiger charge is -2.27. The van der Waals surface area contributed by atoms with E-state index in [2.05, 4.69) is 10.8 Å². The molecule has 1 saturated heterocycles. The Kier molecular flexibility index (Phi) is 3.27. The van der Waals surface area contributed by atoms with Crippen LogP contribution in [0.1, 0.15) is 19.3 Å². The fourth-order valence-corrected chi connectivity index (χ4v) is 1.51. The van der Waals surface area contributed by atoms with Gasteiger partial charge in [-0.3, -0.25) is 5.41 Å². The van der Waals surface area contributed by atoms with E-state index < -0.39 is 0 Å². The first-order chi connectivity index (χ1) is 5.34. The highest BCUT2D eigenvalue weighted by Gasteiger charge is 2.10. The Balaban J connectivity index is 2.44. The summed E-state index contributed by atoms with van der Waals surface area (Å²) in [7, 11) is 0. The lowest BCUT2D eigenvalue weighted by atomic mass is 10.1. The predicted octanol–water partition coefficient (Wildman–Crippen LogP) is 1.60. The first-order valence-corrected chi connectivity index (χ1v) is 4.30. The molecule has 0 aromatic rings. The molecule has 1 aliphatic rings. The smallest absolute Gasteiger partial charge is 0.111 e. The Hall–Kier alpha value is -0.660. The van der Waals surface area contributed by atoms with Gasteiger partial charge in [0.25, 0.3) is 0 Å². The van der Waals surface area contributed by atoms with Crippen LogP contribution in [0.2, 0.25) is 0 Å². The SMILES string of the molecule is N=C=CC(=S)N1CCCCC1. The average molecular weight is 168 g/mol. The number of thiocarbonyl (C=S) groups is 1. The highest BCUT2D eigenvalue weighted by molar-refractivity contribution is 7.80. The fraction of sp³-hybridized carbons (Fsp3) is 0.625. The molecule has 11 heavy (non-hydrogen) atoms. The number of piperidine rings is 1.